The van der Waals surface area contributed by atoms with Crippen LogP contribution in [0.25, 0.3) is 0 Å². The number of hydrogen-bond acceptors (Lipinski definition) is 4. The van der Waals surface area contributed by atoms with Crippen molar-refractivity contribution in [1.82, 2.24) is 4.98 Å². The Kier molecular flexibility index (Phi) is 4.29. The number of rotatable bonds is 4. The molecule has 1 atom stereocenters. The summed E-state index contributed by atoms with van der Waals surface area (Å²) in [6, 6.07) is 8.97. The highest BCUT2D eigenvalue weighted by Crippen LogP contribution is 2.16. The average molecular weight is 302 g/mol. The molecular formula is C16H15FN2O3. The summed E-state index contributed by atoms with van der Waals surface area (Å²) in [6.45, 7) is 1.25. The molecule has 0 bridgehead atoms. The highest BCUT2D eigenvalue weighted by molar-refractivity contribution is 6.04. The van der Waals surface area contributed by atoms with E-state index in [9.17, 15) is 9.18 Å². The number of anilines is 1. The summed E-state index contributed by atoms with van der Waals surface area (Å²) in [6.07, 6.45) is 2.28. The molecule has 1 aromatic heterocycles. The Morgan fingerprint density at radius 1 is 1.36 bits per heavy atom. The standard InChI is InChI=1S/C16H15FN2O3/c17-12-2-1-3-13(8-12)19-16(20)11-4-5-15(18-9-11)22-14-6-7-21-10-14/h1-5,8-9,14H,6-7,10H2,(H,19,20). The zero-order valence-electron chi connectivity index (χ0n) is 11.8. The zero-order chi connectivity index (χ0) is 15.4. The van der Waals surface area contributed by atoms with Gasteiger partial charge >= 0.3 is 0 Å². The Morgan fingerprint density at radius 2 is 2.27 bits per heavy atom. The Bertz CT molecular complexity index is 655. The van der Waals surface area contributed by atoms with Crippen molar-refractivity contribution in [3.63, 3.8) is 0 Å². The summed E-state index contributed by atoms with van der Waals surface area (Å²) >= 11 is 0. The van der Waals surface area contributed by atoms with Crippen LogP contribution in [0.4, 0.5) is 10.1 Å². The van der Waals surface area contributed by atoms with Gasteiger partial charge in [0.1, 0.15) is 11.9 Å². The van der Waals surface area contributed by atoms with Gasteiger partial charge < -0.3 is 14.8 Å². The maximum absolute atomic E-state index is 13.1. The van der Waals surface area contributed by atoms with Crippen molar-refractivity contribution >= 4 is 11.6 Å². The third-order valence-electron chi connectivity index (χ3n) is 3.26. The maximum atomic E-state index is 13.1. The van der Waals surface area contributed by atoms with Crippen molar-refractivity contribution in [2.45, 2.75) is 12.5 Å². The van der Waals surface area contributed by atoms with Crippen LogP contribution in [0.3, 0.4) is 0 Å². The first-order valence-electron chi connectivity index (χ1n) is 6.98. The summed E-state index contributed by atoms with van der Waals surface area (Å²) < 4.78 is 23.9. The number of pyridine rings is 1. The molecule has 1 aliphatic rings. The van der Waals surface area contributed by atoms with E-state index in [0.29, 0.717) is 30.3 Å². The molecule has 6 heteroatoms. The van der Waals surface area contributed by atoms with Gasteiger partial charge in [0.25, 0.3) is 5.91 Å². The molecule has 0 aliphatic carbocycles. The first-order chi connectivity index (χ1) is 10.7. The lowest BCUT2D eigenvalue weighted by Gasteiger charge is -2.11. The second-order valence-electron chi connectivity index (χ2n) is 4.95. The van der Waals surface area contributed by atoms with Crippen molar-refractivity contribution in [3.8, 4) is 5.88 Å². The fraction of sp³-hybridized carbons (Fsp3) is 0.250. The highest BCUT2D eigenvalue weighted by atomic mass is 19.1. The Balaban J connectivity index is 1.63. The number of benzene rings is 1. The molecule has 0 spiro atoms. The van der Waals surface area contributed by atoms with Crippen molar-refractivity contribution < 1.29 is 18.7 Å². The number of halogens is 1. The van der Waals surface area contributed by atoms with Crippen molar-refractivity contribution in [3.05, 3.63) is 54.0 Å². The lowest BCUT2D eigenvalue weighted by atomic mass is 10.2. The van der Waals surface area contributed by atoms with Crippen LogP contribution in [0.1, 0.15) is 16.8 Å². The first kappa shape index (κ1) is 14.5. The van der Waals surface area contributed by atoms with Crippen LogP contribution in [0.2, 0.25) is 0 Å². The molecule has 22 heavy (non-hydrogen) atoms. The topological polar surface area (TPSA) is 60.5 Å². The van der Waals surface area contributed by atoms with Crippen molar-refractivity contribution in [2.24, 2.45) is 0 Å². The number of nitrogens with one attached hydrogen (secondary N) is 1. The summed E-state index contributed by atoms with van der Waals surface area (Å²) in [7, 11) is 0. The van der Waals surface area contributed by atoms with Gasteiger partial charge in [0.15, 0.2) is 0 Å². The molecule has 1 saturated heterocycles. The summed E-state index contributed by atoms with van der Waals surface area (Å²) in [5.74, 6) is -0.301. The molecule has 1 aromatic carbocycles. The molecule has 2 heterocycles. The van der Waals surface area contributed by atoms with Crippen molar-refractivity contribution in [2.75, 3.05) is 18.5 Å². The van der Waals surface area contributed by atoms with E-state index in [1.165, 1.54) is 24.4 Å². The van der Waals surface area contributed by atoms with E-state index in [4.69, 9.17) is 9.47 Å². The molecule has 1 fully saturated rings. The van der Waals surface area contributed by atoms with E-state index in [1.807, 2.05) is 0 Å². The van der Waals surface area contributed by atoms with Gasteiger partial charge in [-0.3, -0.25) is 4.79 Å². The predicted molar refractivity (Wildman–Crippen MR) is 78.4 cm³/mol. The minimum Gasteiger partial charge on any atom is -0.472 e. The number of ether oxygens (including phenoxy) is 2. The molecule has 5 nitrogen and oxygen atoms in total. The molecule has 3 rings (SSSR count). The third-order valence-corrected chi connectivity index (χ3v) is 3.26. The van der Waals surface area contributed by atoms with Crippen LogP contribution in [0, 0.1) is 5.82 Å². The van der Waals surface area contributed by atoms with Crippen LogP contribution < -0.4 is 10.1 Å². The molecule has 2 aromatic rings. The smallest absolute Gasteiger partial charge is 0.257 e. The summed E-state index contributed by atoms with van der Waals surface area (Å²) in [5, 5.41) is 2.61. The molecular weight excluding hydrogens is 287 g/mol. The van der Waals surface area contributed by atoms with E-state index in [1.54, 1.807) is 18.2 Å². The molecule has 0 saturated carbocycles. The Labute approximate surface area is 127 Å². The van der Waals surface area contributed by atoms with Crippen LogP contribution in [-0.2, 0) is 4.74 Å². The number of aromatic nitrogens is 1. The molecule has 1 unspecified atom stereocenters. The van der Waals surface area contributed by atoms with E-state index in [-0.39, 0.29) is 12.0 Å². The Hall–Kier alpha value is -2.47. The SMILES string of the molecule is O=C(Nc1cccc(F)c1)c1ccc(OC2CCOC2)nc1. The van der Waals surface area contributed by atoms with Crippen LogP contribution in [0.15, 0.2) is 42.6 Å². The number of carbonyl (C=O) groups is 1. The predicted octanol–water partition coefficient (Wildman–Crippen LogP) is 2.64. The molecule has 114 valence electrons. The quantitative estimate of drug-likeness (QED) is 0.943. The minimum absolute atomic E-state index is 0.0134. The van der Waals surface area contributed by atoms with Gasteiger partial charge in [0.2, 0.25) is 5.88 Å². The lowest BCUT2D eigenvalue weighted by Crippen LogP contribution is -2.17. The summed E-state index contributed by atoms with van der Waals surface area (Å²) in [5.41, 5.74) is 0.771. The zero-order valence-corrected chi connectivity index (χ0v) is 11.8. The maximum Gasteiger partial charge on any atom is 0.257 e. The van der Waals surface area contributed by atoms with Gasteiger partial charge in [-0.1, -0.05) is 6.07 Å². The van der Waals surface area contributed by atoms with Crippen LogP contribution in [0.5, 0.6) is 5.88 Å². The second-order valence-corrected chi connectivity index (χ2v) is 4.95. The fourth-order valence-corrected chi connectivity index (χ4v) is 2.13. The molecule has 1 N–H and O–H groups in total. The van der Waals surface area contributed by atoms with E-state index in [2.05, 4.69) is 10.3 Å². The highest BCUT2D eigenvalue weighted by Gasteiger charge is 2.17. The van der Waals surface area contributed by atoms with Gasteiger partial charge in [0.05, 0.1) is 18.8 Å². The molecule has 1 aliphatic heterocycles. The third kappa shape index (κ3) is 3.59. The number of hydrogen-bond donors (Lipinski definition) is 1. The lowest BCUT2D eigenvalue weighted by molar-refractivity contribution is 0.102. The number of nitrogens with zero attached hydrogens (tertiary/aromatic N) is 1. The van der Waals surface area contributed by atoms with Crippen LogP contribution in [-0.4, -0.2) is 30.2 Å². The van der Waals surface area contributed by atoms with E-state index >= 15 is 0 Å². The van der Waals surface area contributed by atoms with E-state index in [0.717, 1.165) is 6.42 Å². The van der Waals surface area contributed by atoms with Gasteiger partial charge in [-0.2, -0.15) is 0 Å². The van der Waals surface area contributed by atoms with Gasteiger partial charge in [-0.15, -0.1) is 0 Å². The fourth-order valence-electron chi connectivity index (χ4n) is 2.13. The second kappa shape index (κ2) is 6.53. The van der Waals surface area contributed by atoms with E-state index < -0.39 is 5.82 Å². The van der Waals surface area contributed by atoms with Crippen molar-refractivity contribution in [1.29, 1.82) is 0 Å². The average Bonchev–Trinajstić information content (AvgIpc) is 3.01. The number of amides is 1. The largest absolute Gasteiger partial charge is 0.472 e. The van der Waals surface area contributed by atoms with Gasteiger partial charge in [-0.25, -0.2) is 9.37 Å². The Morgan fingerprint density at radius 3 is 2.95 bits per heavy atom. The molecule has 0 radical (unpaired) electrons. The molecule has 1 amide bonds. The van der Waals surface area contributed by atoms with Gasteiger partial charge in [0, 0.05) is 24.4 Å². The minimum atomic E-state index is -0.404. The van der Waals surface area contributed by atoms with Gasteiger partial charge in [-0.05, 0) is 24.3 Å². The number of carbonyl (C=O) groups excluding carboxylic acids is 1. The summed E-state index contributed by atoms with van der Waals surface area (Å²) in [4.78, 5) is 16.2. The normalized spacial score (nSPS) is 17.2. The van der Waals surface area contributed by atoms with Crippen LogP contribution >= 0.6 is 0 Å². The monoisotopic (exact) mass is 302 g/mol. The first-order valence-corrected chi connectivity index (χ1v) is 6.98.